The van der Waals surface area contributed by atoms with Gasteiger partial charge in [0.1, 0.15) is 0 Å². The lowest BCUT2D eigenvalue weighted by molar-refractivity contribution is -0.119. The van der Waals surface area contributed by atoms with Gasteiger partial charge in [-0.3, -0.25) is 4.79 Å². The van der Waals surface area contributed by atoms with Crippen LogP contribution in [0, 0.1) is 11.3 Å². The molecule has 1 aromatic carbocycles. The highest BCUT2D eigenvalue weighted by molar-refractivity contribution is 5.95. The van der Waals surface area contributed by atoms with E-state index in [-0.39, 0.29) is 12.3 Å². The van der Waals surface area contributed by atoms with Crippen molar-refractivity contribution >= 4 is 11.6 Å². The molecule has 0 aromatic heterocycles. The summed E-state index contributed by atoms with van der Waals surface area (Å²) >= 11 is 0. The molecule has 1 heterocycles. The number of hydrogen-bond acceptors (Lipinski definition) is 4. The standard InChI is InChI=1S/C15H18N2O3/c1-19-13-9-11(6-7-16)12(10-14(13)20-2)17-8-4-3-5-15(17)18/h9-10H,3-6,8H2,1-2H3. The van der Waals surface area contributed by atoms with Gasteiger partial charge in [-0.25, -0.2) is 0 Å². The van der Waals surface area contributed by atoms with E-state index in [4.69, 9.17) is 14.7 Å². The summed E-state index contributed by atoms with van der Waals surface area (Å²) in [5, 5.41) is 8.97. The van der Waals surface area contributed by atoms with Crippen molar-refractivity contribution in [1.29, 1.82) is 5.26 Å². The SMILES string of the molecule is COc1cc(CC#N)c(N2CCCCC2=O)cc1OC. The van der Waals surface area contributed by atoms with Crippen molar-refractivity contribution in [2.45, 2.75) is 25.7 Å². The minimum absolute atomic E-state index is 0.0997. The fourth-order valence-corrected chi connectivity index (χ4v) is 2.45. The number of anilines is 1. The van der Waals surface area contributed by atoms with Gasteiger partial charge in [0.05, 0.1) is 32.4 Å². The lowest BCUT2D eigenvalue weighted by atomic mass is 10.0. The minimum Gasteiger partial charge on any atom is -0.493 e. The Morgan fingerprint density at radius 2 is 1.95 bits per heavy atom. The van der Waals surface area contributed by atoms with Crippen LogP contribution in [0.4, 0.5) is 5.69 Å². The molecule has 0 atom stereocenters. The first kappa shape index (κ1) is 14.2. The molecule has 1 aliphatic rings. The monoisotopic (exact) mass is 274 g/mol. The number of amides is 1. The van der Waals surface area contributed by atoms with Crippen molar-refractivity contribution in [1.82, 2.24) is 0 Å². The van der Waals surface area contributed by atoms with E-state index >= 15 is 0 Å². The van der Waals surface area contributed by atoms with Gasteiger partial charge >= 0.3 is 0 Å². The lowest BCUT2D eigenvalue weighted by Gasteiger charge is -2.29. The van der Waals surface area contributed by atoms with Gasteiger partial charge < -0.3 is 14.4 Å². The molecular weight excluding hydrogens is 256 g/mol. The van der Waals surface area contributed by atoms with Gasteiger partial charge in [-0.05, 0) is 24.5 Å². The maximum atomic E-state index is 12.1. The van der Waals surface area contributed by atoms with Crippen LogP contribution in [0.3, 0.4) is 0 Å². The fourth-order valence-electron chi connectivity index (χ4n) is 2.45. The van der Waals surface area contributed by atoms with Crippen LogP contribution < -0.4 is 14.4 Å². The average Bonchev–Trinajstić information content (AvgIpc) is 2.48. The third-order valence-corrected chi connectivity index (χ3v) is 3.47. The number of benzene rings is 1. The second-order valence-corrected chi connectivity index (χ2v) is 4.67. The van der Waals surface area contributed by atoms with Crippen molar-refractivity contribution in [3.8, 4) is 17.6 Å². The number of rotatable bonds is 4. The molecule has 0 spiro atoms. The maximum absolute atomic E-state index is 12.1. The molecule has 1 aromatic rings. The van der Waals surface area contributed by atoms with Crippen LogP contribution in [0.1, 0.15) is 24.8 Å². The molecule has 0 saturated carbocycles. The molecular formula is C15H18N2O3. The van der Waals surface area contributed by atoms with Crippen LogP contribution in [0.2, 0.25) is 0 Å². The van der Waals surface area contributed by atoms with Crippen molar-refractivity contribution in [2.75, 3.05) is 25.7 Å². The third-order valence-electron chi connectivity index (χ3n) is 3.47. The Bertz CT molecular complexity index is 549. The summed E-state index contributed by atoms with van der Waals surface area (Å²) in [4.78, 5) is 13.8. The number of ether oxygens (including phenoxy) is 2. The zero-order valence-electron chi connectivity index (χ0n) is 11.8. The summed E-state index contributed by atoms with van der Waals surface area (Å²) in [5.41, 5.74) is 1.55. The quantitative estimate of drug-likeness (QED) is 0.845. The van der Waals surface area contributed by atoms with E-state index in [1.165, 1.54) is 0 Å². The summed E-state index contributed by atoms with van der Waals surface area (Å²) in [6.07, 6.45) is 2.70. The Morgan fingerprint density at radius 1 is 1.25 bits per heavy atom. The Kier molecular flexibility index (Phi) is 4.46. The van der Waals surface area contributed by atoms with E-state index in [1.54, 1.807) is 31.3 Å². The molecule has 0 bridgehead atoms. The lowest BCUT2D eigenvalue weighted by Crippen LogP contribution is -2.35. The Morgan fingerprint density at radius 3 is 2.55 bits per heavy atom. The first-order chi connectivity index (χ1) is 9.71. The summed E-state index contributed by atoms with van der Waals surface area (Å²) in [7, 11) is 3.11. The first-order valence-electron chi connectivity index (χ1n) is 6.63. The second-order valence-electron chi connectivity index (χ2n) is 4.67. The fraction of sp³-hybridized carbons (Fsp3) is 0.467. The molecule has 5 nitrogen and oxygen atoms in total. The van der Waals surface area contributed by atoms with Crippen molar-refractivity contribution in [3.63, 3.8) is 0 Å². The Hall–Kier alpha value is -2.22. The predicted molar refractivity (Wildman–Crippen MR) is 75.1 cm³/mol. The Labute approximate surface area is 118 Å². The van der Waals surface area contributed by atoms with E-state index in [0.29, 0.717) is 24.5 Å². The summed E-state index contributed by atoms with van der Waals surface area (Å²) in [6.45, 7) is 0.687. The normalized spacial score (nSPS) is 14.8. The highest BCUT2D eigenvalue weighted by Gasteiger charge is 2.23. The molecule has 1 saturated heterocycles. The van der Waals surface area contributed by atoms with Gasteiger partial charge in [0.2, 0.25) is 5.91 Å². The highest BCUT2D eigenvalue weighted by Crippen LogP contribution is 2.36. The molecule has 0 aliphatic carbocycles. The summed E-state index contributed by atoms with van der Waals surface area (Å²) in [6, 6.07) is 5.70. The smallest absolute Gasteiger partial charge is 0.226 e. The number of methoxy groups -OCH3 is 2. The van der Waals surface area contributed by atoms with Gasteiger partial charge in [0, 0.05) is 19.0 Å². The van der Waals surface area contributed by atoms with Crippen molar-refractivity contribution < 1.29 is 14.3 Å². The molecule has 2 rings (SSSR count). The average molecular weight is 274 g/mol. The molecule has 0 radical (unpaired) electrons. The second kappa shape index (κ2) is 6.29. The van der Waals surface area contributed by atoms with Crippen molar-refractivity contribution in [3.05, 3.63) is 17.7 Å². The van der Waals surface area contributed by atoms with Gasteiger partial charge in [-0.15, -0.1) is 0 Å². The number of carbonyl (C=O) groups excluding carboxylic acids is 1. The zero-order chi connectivity index (χ0) is 14.5. The van der Waals surface area contributed by atoms with Crippen molar-refractivity contribution in [2.24, 2.45) is 0 Å². The molecule has 5 heteroatoms. The van der Waals surface area contributed by atoms with E-state index in [2.05, 4.69) is 6.07 Å². The van der Waals surface area contributed by atoms with Gasteiger partial charge in [0.25, 0.3) is 0 Å². The first-order valence-corrected chi connectivity index (χ1v) is 6.63. The van der Waals surface area contributed by atoms with E-state index < -0.39 is 0 Å². The largest absolute Gasteiger partial charge is 0.493 e. The van der Waals surface area contributed by atoms with Crippen LogP contribution in [0.5, 0.6) is 11.5 Å². The molecule has 106 valence electrons. The number of piperidine rings is 1. The molecule has 1 amide bonds. The maximum Gasteiger partial charge on any atom is 0.226 e. The summed E-state index contributed by atoms with van der Waals surface area (Å²) < 4.78 is 10.5. The number of carbonyl (C=O) groups is 1. The van der Waals surface area contributed by atoms with Crippen LogP contribution in [-0.4, -0.2) is 26.7 Å². The molecule has 1 fully saturated rings. The molecule has 20 heavy (non-hydrogen) atoms. The van der Waals surface area contributed by atoms with E-state index in [0.717, 1.165) is 24.1 Å². The van der Waals surface area contributed by atoms with Crippen LogP contribution in [0.15, 0.2) is 12.1 Å². The van der Waals surface area contributed by atoms with Crippen LogP contribution in [-0.2, 0) is 11.2 Å². The van der Waals surface area contributed by atoms with E-state index in [9.17, 15) is 4.79 Å². The topological polar surface area (TPSA) is 62.6 Å². The minimum atomic E-state index is 0.0997. The number of nitrogens with zero attached hydrogens (tertiary/aromatic N) is 2. The van der Waals surface area contributed by atoms with Gasteiger partial charge in [-0.1, -0.05) is 0 Å². The molecule has 1 aliphatic heterocycles. The van der Waals surface area contributed by atoms with Crippen LogP contribution in [0.25, 0.3) is 0 Å². The van der Waals surface area contributed by atoms with Crippen LogP contribution >= 0.6 is 0 Å². The van der Waals surface area contributed by atoms with Gasteiger partial charge in [-0.2, -0.15) is 5.26 Å². The van der Waals surface area contributed by atoms with Gasteiger partial charge in [0.15, 0.2) is 11.5 Å². The number of nitriles is 1. The Balaban J connectivity index is 2.48. The van der Waals surface area contributed by atoms with E-state index in [1.807, 2.05) is 0 Å². The zero-order valence-corrected chi connectivity index (χ0v) is 11.8. The predicted octanol–water partition coefficient (Wildman–Crippen LogP) is 2.29. The molecule has 0 unspecified atom stereocenters. The highest BCUT2D eigenvalue weighted by atomic mass is 16.5. The third kappa shape index (κ3) is 2.69. The summed E-state index contributed by atoms with van der Waals surface area (Å²) in [5.74, 6) is 1.25. The molecule has 0 N–H and O–H groups in total. The number of hydrogen-bond donors (Lipinski definition) is 0.